The summed E-state index contributed by atoms with van der Waals surface area (Å²) >= 11 is 9.42. The van der Waals surface area contributed by atoms with Crippen LogP contribution in [0.1, 0.15) is 42.5 Å². The Hall–Kier alpha value is -2.18. The van der Waals surface area contributed by atoms with E-state index in [2.05, 4.69) is 20.9 Å². The largest absolute Gasteiger partial charge is 0.329 e. The van der Waals surface area contributed by atoms with Gasteiger partial charge in [-0.15, -0.1) is 0 Å². The average Bonchev–Trinajstić information content (AvgIpc) is 2.69. The normalized spacial score (nSPS) is 12.2. The van der Waals surface area contributed by atoms with Crippen molar-refractivity contribution in [3.8, 4) is 0 Å². The molecule has 1 aromatic heterocycles. The van der Waals surface area contributed by atoms with Crippen molar-refractivity contribution in [3.05, 3.63) is 73.7 Å². The van der Waals surface area contributed by atoms with Crippen LogP contribution in [0.5, 0.6) is 0 Å². The quantitative estimate of drug-likeness (QED) is 0.538. The van der Waals surface area contributed by atoms with Gasteiger partial charge in [0.25, 0.3) is 11.5 Å². The van der Waals surface area contributed by atoms with E-state index in [1.807, 2.05) is 26.0 Å². The number of amides is 1. The number of nitrogens with zero attached hydrogens (tertiary/aromatic N) is 3. The Morgan fingerprint density at radius 3 is 2.57 bits per heavy atom. The monoisotopic (exact) mass is 461 g/mol. The molecule has 0 aliphatic rings. The summed E-state index contributed by atoms with van der Waals surface area (Å²) in [5.74, 6) is 0.450. The molecule has 1 unspecified atom stereocenters. The fraction of sp³-hybridized carbons (Fsp3) is 0.286. The van der Waals surface area contributed by atoms with Crippen LogP contribution in [0.15, 0.2) is 51.7 Å². The Bertz CT molecular complexity index is 1080. The predicted octanol–water partition coefficient (Wildman–Crippen LogP) is 4.96. The molecule has 0 N–H and O–H groups in total. The molecule has 1 heterocycles. The maximum Gasteiger partial charge on any atom is 0.261 e. The second-order valence-electron chi connectivity index (χ2n) is 6.68. The molecule has 0 radical (unpaired) electrons. The van der Waals surface area contributed by atoms with Crippen molar-refractivity contribution in [1.82, 2.24) is 14.5 Å². The summed E-state index contributed by atoms with van der Waals surface area (Å²) in [6, 6.07) is 12.0. The fourth-order valence-corrected chi connectivity index (χ4v) is 3.68. The number of carbonyl (C=O) groups is 1. The van der Waals surface area contributed by atoms with Gasteiger partial charge in [-0.25, -0.2) is 4.98 Å². The number of halogens is 2. The molecule has 3 rings (SSSR count). The number of fused-ring (bicyclic) bond motifs is 1. The first-order valence-corrected chi connectivity index (χ1v) is 10.2. The van der Waals surface area contributed by atoms with E-state index in [4.69, 9.17) is 11.6 Å². The molecule has 7 heteroatoms. The van der Waals surface area contributed by atoms with E-state index in [0.29, 0.717) is 33.9 Å². The smallest absolute Gasteiger partial charge is 0.261 e. The molecule has 0 aliphatic heterocycles. The second kappa shape index (κ2) is 8.45. The van der Waals surface area contributed by atoms with Gasteiger partial charge in [0.2, 0.25) is 0 Å². The molecule has 3 aromatic rings. The molecular weight excluding hydrogens is 442 g/mol. The van der Waals surface area contributed by atoms with Gasteiger partial charge in [-0.3, -0.25) is 14.2 Å². The van der Waals surface area contributed by atoms with E-state index in [0.717, 1.165) is 10.9 Å². The molecular formula is C21H21BrClN3O2. The number of benzene rings is 2. The lowest BCUT2D eigenvalue weighted by molar-refractivity contribution is 0.0680. The minimum atomic E-state index is -0.367. The molecule has 0 saturated carbocycles. The standard InChI is InChI=1S/C21H21BrClN3O2/c1-4-11-26(20(27)14-5-7-15(22)8-6-14)13(2)19-24-18-10-9-16(23)12-17(18)21(28)25(19)3/h5-10,12-13H,4,11H2,1-3H3. The molecule has 0 fully saturated rings. The van der Waals surface area contributed by atoms with Crippen LogP contribution in [0.4, 0.5) is 0 Å². The van der Waals surface area contributed by atoms with Crippen molar-refractivity contribution < 1.29 is 4.79 Å². The van der Waals surface area contributed by atoms with Gasteiger partial charge in [-0.1, -0.05) is 34.5 Å². The van der Waals surface area contributed by atoms with Gasteiger partial charge in [-0.05, 0) is 55.8 Å². The Kier molecular flexibility index (Phi) is 6.20. The molecule has 5 nitrogen and oxygen atoms in total. The van der Waals surface area contributed by atoms with Crippen LogP contribution >= 0.6 is 27.5 Å². The fourth-order valence-electron chi connectivity index (χ4n) is 3.24. The number of carbonyl (C=O) groups excluding carboxylic acids is 1. The molecule has 0 aliphatic carbocycles. The van der Waals surface area contributed by atoms with Crippen molar-refractivity contribution in [3.63, 3.8) is 0 Å². The third-order valence-electron chi connectivity index (χ3n) is 4.73. The summed E-state index contributed by atoms with van der Waals surface area (Å²) in [6.45, 7) is 4.48. The second-order valence-corrected chi connectivity index (χ2v) is 8.03. The number of rotatable bonds is 5. The number of aromatic nitrogens is 2. The third-order valence-corrected chi connectivity index (χ3v) is 5.49. The van der Waals surface area contributed by atoms with E-state index in [1.165, 1.54) is 4.57 Å². The van der Waals surface area contributed by atoms with Gasteiger partial charge < -0.3 is 4.90 Å². The Morgan fingerprint density at radius 2 is 1.93 bits per heavy atom. The van der Waals surface area contributed by atoms with Crippen LogP contribution in [-0.4, -0.2) is 26.9 Å². The lowest BCUT2D eigenvalue weighted by Crippen LogP contribution is -2.37. The van der Waals surface area contributed by atoms with Crippen molar-refractivity contribution in [2.45, 2.75) is 26.3 Å². The van der Waals surface area contributed by atoms with Gasteiger partial charge in [0, 0.05) is 28.7 Å². The molecule has 1 atom stereocenters. The highest BCUT2D eigenvalue weighted by Crippen LogP contribution is 2.23. The summed E-state index contributed by atoms with van der Waals surface area (Å²) in [7, 11) is 1.68. The van der Waals surface area contributed by atoms with E-state index in [9.17, 15) is 9.59 Å². The zero-order chi connectivity index (χ0) is 20.4. The lowest BCUT2D eigenvalue weighted by atomic mass is 10.1. The van der Waals surface area contributed by atoms with Crippen LogP contribution in [0.3, 0.4) is 0 Å². The minimum absolute atomic E-state index is 0.0905. The first-order chi connectivity index (χ1) is 13.3. The molecule has 2 aromatic carbocycles. The van der Waals surface area contributed by atoms with Crippen molar-refractivity contribution in [2.75, 3.05) is 6.54 Å². The maximum atomic E-state index is 13.1. The zero-order valence-corrected chi connectivity index (χ0v) is 18.3. The Balaban J connectivity index is 2.06. The highest BCUT2D eigenvalue weighted by atomic mass is 79.9. The van der Waals surface area contributed by atoms with Crippen LogP contribution in [0.2, 0.25) is 5.02 Å². The van der Waals surface area contributed by atoms with Crippen molar-refractivity contribution >= 4 is 44.3 Å². The van der Waals surface area contributed by atoms with Gasteiger partial charge in [-0.2, -0.15) is 0 Å². The molecule has 0 spiro atoms. The predicted molar refractivity (Wildman–Crippen MR) is 116 cm³/mol. The average molecular weight is 463 g/mol. The highest BCUT2D eigenvalue weighted by Gasteiger charge is 2.25. The molecule has 0 saturated heterocycles. The summed E-state index contributed by atoms with van der Waals surface area (Å²) in [5.41, 5.74) is 0.991. The molecule has 0 bridgehead atoms. The summed E-state index contributed by atoms with van der Waals surface area (Å²) in [4.78, 5) is 32.4. The van der Waals surface area contributed by atoms with E-state index < -0.39 is 0 Å². The zero-order valence-electron chi connectivity index (χ0n) is 15.9. The van der Waals surface area contributed by atoms with Gasteiger partial charge in [0.15, 0.2) is 0 Å². The van der Waals surface area contributed by atoms with Crippen molar-refractivity contribution in [2.24, 2.45) is 7.05 Å². The lowest BCUT2D eigenvalue weighted by Gasteiger charge is -2.30. The SMILES string of the molecule is CCCN(C(=O)c1ccc(Br)cc1)C(C)c1nc2ccc(Cl)cc2c(=O)n1C. The Labute approximate surface area is 177 Å². The van der Waals surface area contributed by atoms with Gasteiger partial charge >= 0.3 is 0 Å². The van der Waals surface area contributed by atoms with E-state index in [1.54, 1.807) is 42.3 Å². The summed E-state index contributed by atoms with van der Waals surface area (Å²) in [5, 5.41) is 0.956. The van der Waals surface area contributed by atoms with Crippen molar-refractivity contribution in [1.29, 1.82) is 0 Å². The van der Waals surface area contributed by atoms with Crippen LogP contribution in [0, 0.1) is 0 Å². The first kappa shape index (κ1) is 20.6. The van der Waals surface area contributed by atoms with Crippen LogP contribution in [-0.2, 0) is 7.05 Å². The maximum absolute atomic E-state index is 13.1. The first-order valence-electron chi connectivity index (χ1n) is 9.06. The van der Waals surface area contributed by atoms with Crippen LogP contribution < -0.4 is 5.56 Å². The van der Waals surface area contributed by atoms with E-state index in [-0.39, 0.29) is 17.5 Å². The number of hydrogen-bond acceptors (Lipinski definition) is 3. The number of hydrogen-bond donors (Lipinski definition) is 0. The molecule has 146 valence electrons. The molecule has 28 heavy (non-hydrogen) atoms. The Morgan fingerprint density at radius 1 is 1.25 bits per heavy atom. The highest BCUT2D eigenvalue weighted by molar-refractivity contribution is 9.10. The van der Waals surface area contributed by atoms with Gasteiger partial charge in [0.1, 0.15) is 5.82 Å². The van der Waals surface area contributed by atoms with E-state index >= 15 is 0 Å². The summed E-state index contributed by atoms with van der Waals surface area (Å²) in [6.07, 6.45) is 0.795. The third kappa shape index (κ3) is 3.98. The van der Waals surface area contributed by atoms with Gasteiger partial charge in [0.05, 0.1) is 16.9 Å². The topological polar surface area (TPSA) is 55.2 Å². The van der Waals surface area contributed by atoms with Crippen LogP contribution in [0.25, 0.3) is 10.9 Å². The minimum Gasteiger partial charge on any atom is -0.329 e. The molecule has 1 amide bonds. The summed E-state index contributed by atoms with van der Waals surface area (Å²) < 4.78 is 2.41.